The number of benzene rings is 6. The molecule has 0 bridgehead atoms. The quantitative estimate of drug-likeness (QED) is 0.132. The van der Waals surface area contributed by atoms with Gasteiger partial charge in [0.15, 0.2) is 0 Å². The minimum Gasteiger partial charge on any atom is -0.309 e. The van der Waals surface area contributed by atoms with Crippen LogP contribution in [0.5, 0.6) is 0 Å². The van der Waals surface area contributed by atoms with Crippen molar-refractivity contribution in [1.29, 1.82) is 0 Å². The molecule has 0 unspecified atom stereocenters. The Balaban J connectivity index is 1.06. The first-order valence-electron chi connectivity index (χ1n) is 20.8. The number of unbranched alkanes of at least 4 members (excludes halogenated alkanes) is 2. The average molecular weight is 751 g/mol. The Morgan fingerprint density at radius 3 is 1.24 bits per heavy atom. The molecule has 58 heavy (non-hydrogen) atoms. The van der Waals surface area contributed by atoms with Gasteiger partial charge in [0, 0.05) is 79.7 Å². The van der Waals surface area contributed by atoms with E-state index in [0.717, 1.165) is 57.6 Å². The van der Waals surface area contributed by atoms with Gasteiger partial charge in [0.25, 0.3) is 0 Å². The van der Waals surface area contributed by atoms with Gasteiger partial charge in [-0.15, -0.1) is 0 Å². The number of nitrogens with zero attached hydrogens (tertiary/aromatic N) is 4. The molecule has 282 valence electrons. The number of pyridine rings is 2. The molecule has 4 heteroatoms. The van der Waals surface area contributed by atoms with Crippen LogP contribution in [0.25, 0.3) is 88.4 Å². The van der Waals surface area contributed by atoms with Crippen LogP contribution in [0.4, 0.5) is 0 Å². The van der Waals surface area contributed by atoms with Gasteiger partial charge in [-0.3, -0.25) is 9.97 Å². The molecule has 10 aromatic rings. The van der Waals surface area contributed by atoms with Crippen molar-refractivity contribution in [3.63, 3.8) is 0 Å². The van der Waals surface area contributed by atoms with E-state index in [-0.39, 0.29) is 0 Å². The number of fused-ring (bicyclic) bond motifs is 6. The summed E-state index contributed by atoms with van der Waals surface area (Å²) in [4.78, 5) is 9.68. The third-order valence-electron chi connectivity index (χ3n) is 11.8. The van der Waals surface area contributed by atoms with E-state index in [2.05, 4.69) is 169 Å². The lowest BCUT2D eigenvalue weighted by molar-refractivity contribution is 0.796. The van der Waals surface area contributed by atoms with Crippen molar-refractivity contribution in [3.8, 4) is 44.8 Å². The van der Waals surface area contributed by atoms with E-state index in [1.807, 2.05) is 24.8 Å². The fourth-order valence-corrected chi connectivity index (χ4v) is 8.95. The maximum Gasteiger partial charge on any atom is 0.0541 e. The zero-order valence-electron chi connectivity index (χ0n) is 33.2. The summed E-state index contributed by atoms with van der Waals surface area (Å²) >= 11 is 0. The van der Waals surface area contributed by atoms with Gasteiger partial charge in [0.1, 0.15) is 0 Å². The molecule has 0 aliphatic carbocycles. The van der Waals surface area contributed by atoms with Gasteiger partial charge < -0.3 is 9.13 Å². The maximum absolute atomic E-state index is 4.84. The minimum absolute atomic E-state index is 1.03. The van der Waals surface area contributed by atoms with Crippen molar-refractivity contribution >= 4 is 43.6 Å². The Kier molecular flexibility index (Phi) is 9.39. The van der Waals surface area contributed by atoms with E-state index in [1.54, 1.807) is 0 Å². The number of aromatic nitrogens is 4. The van der Waals surface area contributed by atoms with E-state index in [4.69, 9.17) is 9.97 Å². The van der Waals surface area contributed by atoms with Crippen LogP contribution in [-0.2, 0) is 12.8 Å². The van der Waals surface area contributed by atoms with E-state index in [1.165, 1.54) is 80.4 Å². The topological polar surface area (TPSA) is 35.6 Å². The third-order valence-corrected chi connectivity index (χ3v) is 11.8. The molecule has 0 radical (unpaired) electrons. The number of rotatable bonds is 11. The Morgan fingerprint density at radius 2 is 0.776 bits per heavy atom. The predicted octanol–water partition coefficient (Wildman–Crippen LogP) is 14.4. The highest BCUT2D eigenvalue weighted by molar-refractivity contribution is 6.11. The SMILES string of the molecule is CCCCc1ccc2c(c1)c1ccccc1n2-c1ccccc1-c1cncc(-c2cncc(-c3ccccc3-n3c4ccccc4c4cc(CCCC)ccc43)c2)c1. The first kappa shape index (κ1) is 35.6. The first-order valence-corrected chi connectivity index (χ1v) is 20.8. The standard InChI is InChI=1S/C54H46N4/c1-3-5-15-37-25-27-53-47(29-37)45-19-9-13-23-51(45)57(53)49-21-11-7-17-43(49)41-31-39(33-55-35-41)40-32-42(36-56-34-40)44-18-8-12-22-50(44)58-52-24-14-10-20-46(52)48-30-38(16-6-4-2)26-28-54(48)58/h7-14,17-36H,3-6,15-16H2,1-2H3. The summed E-state index contributed by atoms with van der Waals surface area (Å²) in [5.41, 5.74) is 16.4. The fourth-order valence-electron chi connectivity index (χ4n) is 8.95. The summed E-state index contributed by atoms with van der Waals surface area (Å²) in [7, 11) is 0. The zero-order chi connectivity index (χ0) is 39.0. The number of aryl methyl sites for hydroxylation is 2. The summed E-state index contributed by atoms with van der Waals surface area (Å²) in [5, 5.41) is 5.15. The monoisotopic (exact) mass is 750 g/mol. The molecule has 0 amide bonds. The number of hydrogen-bond acceptors (Lipinski definition) is 2. The highest BCUT2D eigenvalue weighted by Crippen LogP contribution is 2.40. The molecule has 0 atom stereocenters. The van der Waals surface area contributed by atoms with Gasteiger partial charge in [0.05, 0.1) is 33.4 Å². The fraction of sp³-hybridized carbons (Fsp3) is 0.148. The van der Waals surface area contributed by atoms with Crippen LogP contribution in [0.2, 0.25) is 0 Å². The maximum atomic E-state index is 4.84. The van der Waals surface area contributed by atoms with E-state index < -0.39 is 0 Å². The molecular weight excluding hydrogens is 705 g/mol. The normalized spacial score (nSPS) is 11.7. The van der Waals surface area contributed by atoms with Gasteiger partial charge in [0.2, 0.25) is 0 Å². The smallest absolute Gasteiger partial charge is 0.0541 e. The Hall–Kier alpha value is -6.78. The number of para-hydroxylation sites is 4. The van der Waals surface area contributed by atoms with Crippen LogP contribution < -0.4 is 0 Å². The van der Waals surface area contributed by atoms with Crippen LogP contribution in [0, 0.1) is 0 Å². The molecule has 4 nitrogen and oxygen atoms in total. The Labute approximate surface area is 340 Å². The van der Waals surface area contributed by atoms with Crippen molar-refractivity contribution in [2.24, 2.45) is 0 Å². The van der Waals surface area contributed by atoms with Crippen LogP contribution in [-0.4, -0.2) is 19.1 Å². The van der Waals surface area contributed by atoms with Crippen molar-refractivity contribution in [1.82, 2.24) is 19.1 Å². The highest BCUT2D eigenvalue weighted by Gasteiger charge is 2.19. The molecule has 4 aromatic heterocycles. The molecule has 0 N–H and O–H groups in total. The van der Waals surface area contributed by atoms with Gasteiger partial charge in [-0.25, -0.2) is 0 Å². The first-order chi connectivity index (χ1) is 28.7. The van der Waals surface area contributed by atoms with Crippen molar-refractivity contribution in [2.45, 2.75) is 52.4 Å². The summed E-state index contributed by atoms with van der Waals surface area (Å²) in [6.07, 6.45) is 14.9. The predicted molar refractivity (Wildman–Crippen MR) is 244 cm³/mol. The molecule has 0 aliphatic heterocycles. The summed E-state index contributed by atoms with van der Waals surface area (Å²) < 4.78 is 4.85. The van der Waals surface area contributed by atoms with Crippen LogP contribution >= 0.6 is 0 Å². The molecule has 6 aromatic carbocycles. The molecular formula is C54H46N4. The largest absolute Gasteiger partial charge is 0.309 e. The Bertz CT molecular complexity index is 2900. The van der Waals surface area contributed by atoms with Crippen LogP contribution in [0.15, 0.2) is 170 Å². The van der Waals surface area contributed by atoms with E-state index >= 15 is 0 Å². The second-order valence-corrected chi connectivity index (χ2v) is 15.6. The second-order valence-electron chi connectivity index (χ2n) is 15.6. The summed E-state index contributed by atoms with van der Waals surface area (Å²) in [5.74, 6) is 0. The second kappa shape index (κ2) is 15.3. The Morgan fingerprint density at radius 1 is 0.379 bits per heavy atom. The molecule has 10 rings (SSSR count). The lowest BCUT2D eigenvalue weighted by atomic mass is 9.98. The van der Waals surface area contributed by atoms with Gasteiger partial charge in [-0.05, 0) is 97.5 Å². The lowest BCUT2D eigenvalue weighted by Crippen LogP contribution is -1.98. The lowest BCUT2D eigenvalue weighted by Gasteiger charge is -2.16. The zero-order valence-corrected chi connectivity index (χ0v) is 33.2. The van der Waals surface area contributed by atoms with E-state index in [0.29, 0.717) is 0 Å². The van der Waals surface area contributed by atoms with Gasteiger partial charge in [-0.1, -0.05) is 112 Å². The average Bonchev–Trinajstić information content (AvgIpc) is 3.79. The molecule has 4 heterocycles. The van der Waals surface area contributed by atoms with Crippen molar-refractivity contribution in [2.75, 3.05) is 0 Å². The van der Waals surface area contributed by atoms with Gasteiger partial charge in [-0.2, -0.15) is 0 Å². The van der Waals surface area contributed by atoms with Crippen molar-refractivity contribution < 1.29 is 0 Å². The van der Waals surface area contributed by atoms with Crippen molar-refractivity contribution in [3.05, 3.63) is 182 Å². The highest BCUT2D eigenvalue weighted by atomic mass is 15.0. The summed E-state index contributed by atoms with van der Waals surface area (Å²) in [6.45, 7) is 4.52. The minimum atomic E-state index is 1.03. The summed E-state index contributed by atoms with van der Waals surface area (Å²) in [6, 6.07) is 53.6. The molecule has 0 aliphatic rings. The molecule has 0 saturated carbocycles. The van der Waals surface area contributed by atoms with Crippen LogP contribution in [0.1, 0.15) is 50.7 Å². The van der Waals surface area contributed by atoms with E-state index in [9.17, 15) is 0 Å². The number of hydrogen-bond donors (Lipinski definition) is 0. The third kappa shape index (κ3) is 6.26. The molecule has 0 spiro atoms. The molecule has 0 fully saturated rings. The molecule has 0 saturated heterocycles. The van der Waals surface area contributed by atoms with Gasteiger partial charge >= 0.3 is 0 Å². The van der Waals surface area contributed by atoms with Crippen LogP contribution in [0.3, 0.4) is 0 Å².